The lowest BCUT2D eigenvalue weighted by Crippen LogP contribution is -2.23. The highest BCUT2D eigenvalue weighted by atomic mass is 35.5. The Morgan fingerprint density at radius 1 is 0.702 bits per heavy atom. The zero-order valence-electron chi connectivity index (χ0n) is 32.5. The summed E-state index contributed by atoms with van der Waals surface area (Å²) in [4.78, 5) is 42.2. The molecule has 6 unspecified atom stereocenters. The molecule has 6 atom stereocenters. The first-order valence-corrected chi connectivity index (χ1v) is 20.6. The molecule has 0 saturated carbocycles. The summed E-state index contributed by atoms with van der Waals surface area (Å²) in [6.45, 7) is 11.8. The summed E-state index contributed by atoms with van der Waals surface area (Å²) in [5.74, 6) is 5.59. The van der Waals surface area contributed by atoms with Crippen LogP contribution in [0, 0.1) is 11.8 Å². The molecule has 3 N–H and O–H groups in total. The standard InChI is InChI=1S/C21H25N5O2.C14H19N5O2.C7H7Cl/c1-14-10-25(11-15-5-3-2-4-6-15)12-17(14)19-23-21(27)18-9-22-20(26(18)24-19)16-7-8-28-13-16;1-8-4-15-5-10(8)12-17-14(20)11-6-16-13(19(11)18-12)9-2-3-21-7-9;8-6-7-4-2-1-3-5-7/h2-6,9,14,16-17H,7-8,10-13H2,1H3,(H,23,24,27);6,8-10,15H,2-5,7H2,1H3,(H,17,18,20);1-5H,6H2. The SMILES string of the molecule is CC1CN(Cc2ccccc2)CC1c1nn2c(C3CCOC3)ncc2c(=O)[nH]1.CC1CNCC1c1nn2c(C3CCOC3)ncc2c(=O)[nH]1.ClCc1ccccc1. The van der Waals surface area contributed by atoms with Crippen LogP contribution in [0.15, 0.2) is 82.6 Å². The van der Waals surface area contributed by atoms with Crippen LogP contribution < -0.4 is 16.4 Å². The van der Waals surface area contributed by atoms with Gasteiger partial charge in [0, 0.05) is 68.9 Å². The molecule has 2 aromatic carbocycles. The van der Waals surface area contributed by atoms with Crippen LogP contribution in [0.4, 0.5) is 0 Å². The summed E-state index contributed by atoms with van der Waals surface area (Å²) in [5.41, 5.74) is 3.28. The Hall–Kier alpha value is -4.73. The third-order valence-corrected chi connectivity index (χ3v) is 11.9. The lowest BCUT2D eigenvalue weighted by atomic mass is 9.97. The second kappa shape index (κ2) is 17.8. The van der Waals surface area contributed by atoms with E-state index in [1.807, 2.05) is 36.4 Å². The maximum Gasteiger partial charge on any atom is 0.276 e. The number of benzene rings is 2. The van der Waals surface area contributed by atoms with E-state index in [0.717, 1.165) is 82.1 Å². The molecule has 300 valence electrons. The number of likely N-dealkylation sites (tertiary alicyclic amines) is 1. The quantitative estimate of drug-likeness (QED) is 0.191. The van der Waals surface area contributed by atoms with E-state index in [-0.39, 0.29) is 34.8 Å². The van der Waals surface area contributed by atoms with Gasteiger partial charge < -0.3 is 24.8 Å². The van der Waals surface area contributed by atoms with Crippen molar-refractivity contribution in [2.75, 3.05) is 52.6 Å². The largest absolute Gasteiger partial charge is 0.381 e. The minimum absolute atomic E-state index is 0.114. The van der Waals surface area contributed by atoms with Crippen molar-refractivity contribution in [3.63, 3.8) is 0 Å². The Bertz CT molecular complexity index is 2350. The van der Waals surface area contributed by atoms with Gasteiger partial charge in [-0.25, -0.2) is 19.0 Å². The fourth-order valence-electron chi connectivity index (χ4n) is 8.37. The van der Waals surface area contributed by atoms with Gasteiger partial charge in [0.25, 0.3) is 11.1 Å². The Morgan fingerprint density at radius 3 is 1.72 bits per heavy atom. The number of rotatable bonds is 7. The smallest absolute Gasteiger partial charge is 0.276 e. The summed E-state index contributed by atoms with van der Waals surface area (Å²) >= 11 is 5.53. The van der Waals surface area contributed by atoms with Crippen molar-refractivity contribution < 1.29 is 9.47 Å². The van der Waals surface area contributed by atoms with Gasteiger partial charge in [-0.15, -0.1) is 11.6 Å². The van der Waals surface area contributed by atoms with E-state index in [0.29, 0.717) is 42.0 Å². The number of imidazole rings is 2. The molecule has 4 aromatic heterocycles. The van der Waals surface area contributed by atoms with Crippen molar-refractivity contribution in [2.24, 2.45) is 11.8 Å². The number of nitrogens with zero attached hydrogens (tertiary/aromatic N) is 7. The molecule has 6 aromatic rings. The van der Waals surface area contributed by atoms with Gasteiger partial charge in [-0.05, 0) is 42.3 Å². The molecule has 4 aliphatic heterocycles. The van der Waals surface area contributed by atoms with Gasteiger partial charge in [0.1, 0.15) is 23.3 Å². The highest BCUT2D eigenvalue weighted by Crippen LogP contribution is 2.32. The summed E-state index contributed by atoms with van der Waals surface area (Å²) < 4.78 is 14.4. The molecule has 15 heteroatoms. The number of fused-ring (bicyclic) bond motifs is 2. The summed E-state index contributed by atoms with van der Waals surface area (Å²) in [6, 6.07) is 20.5. The van der Waals surface area contributed by atoms with E-state index in [9.17, 15) is 9.59 Å². The number of hydrogen-bond acceptors (Lipinski definition) is 10. The Morgan fingerprint density at radius 2 is 1.25 bits per heavy atom. The predicted octanol–water partition coefficient (Wildman–Crippen LogP) is 4.83. The van der Waals surface area contributed by atoms with E-state index in [2.05, 4.69) is 73.4 Å². The van der Waals surface area contributed by atoms with E-state index >= 15 is 0 Å². The van der Waals surface area contributed by atoms with Crippen molar-refractivity contribution in [1.29, 1.82) is 0 Å². The lowest BCUT2D eigenvalue weighted by Gasteiger charge is -2.16. The molecule has 0 radical (unpaired) electrons. The van der Waals surface area contributed by atoms with Crippen LogP contribution in [0.2, 0.25) is 0 Å². The molecule has 0 bridgehead atoms. The topological polar surface area (TPSA) is 160 Å². The lowest BCUT2D eigenvalue weighted by molar-refractivity contribution is 0.193. The van der Waals surface area contributed by atoms with Gasteiger partial charge in [0.05, 0.1) is 25.6 Å². The maximum atomic E-state index is 12.7. The normalized spacial score (nSPS) is 24.8. The third kappa shape index (κ3) is 8.75. The Labute approximate surface area is 336 Å². The first-order valence-electron chi connectivity index (χ1n) is 20.0. The fourth-order valence-corrected chi connectivity index (χ4v) is 8.55. The predicted molar refractivity (Wildman–Crippen MR) is 218 cm³/mol. The number of hydrogen-bond donors (Lipinski definition) is 3. The minimum Gasteiger partial charge on any atom is -0.381 e. The van der Waals surface area contributed by atoms with Gasteiger partial charge in [0.15, 0.2) is 11.0 Å². The number of ether oxygens (including phenoxy) is 2. The van der Waals surface area contributed by atoms with Crippen LogP contribution in [-0.4, -0.2) is 96.7 Å². The zero-order valence-corrected chi connectivity index (χ0v) is 33.3. The van der Waals surface area contributed by atoms with Crippen molar-refractivity contribution in [3.05, 3.63) is 128 Å². The molecular formula is C42H51ClN10O4. The molecule has 0 spiro atoms. The molecular weight excluding hydrogens is 744 g/mol. The molecule has 4 saturated heterocycles. The number of H-pyrrole nitrogens is 2. The second-order valence-electron chi connectivity index (χ2n) is 15.8. The summed E-state index contributed by atoms with van der Waals surface area (Å²) in [7, 11) is 0. The molecule has 0 aliphatic carbocycles. The molecule has 0 amide bonds. The average molecular weight is 795 g/mol. The van der Waals surface area contributed by atoms with E-state index in [1.54, 1.807) is 21.4 Å². The molecule has 4 aliphatic rings. The maximum absolute atomic E-state index is 12.7. The number of halogens is 1. The van der Waals surface area contributed by atoms with Crippen LogP contribution in [0.1, 0.15) is 84.8 Å². The summed E-state index contributed by atoms with van der Waals surface area (Å²) in [5, 5.41) is 12.9. The van der Waals surface area contributed by atoms with Gasteiger partial charge >= 0.3 is 0 Å². The monoisotopic (exact) mass is 794 g/mol. The molecule has 14 nitrogen and oxygen atoms in total. The first kappa shape index (κ1) is 39.1. The molecule has 57 heavy (non-hydrogen) atoms. The number of alkyl halides is 1. The minimum atomic E-state index is -0.114. The first-order chi connectivity index (χ1) is 27.9. The third-order valence-electron chi connectivity index (χ3n) is 11.6. The van der Waals surface area contributed by atoms with Gasteiger partial charge in [-0.3, -0.25) is 14.5 Å². The van der Waals surface area contributed by atoms with Gasteiger partial charge in [-0.2, -0.15) is 10.2 Å². The highest BCUT2D eigenvalue weighted by Gasteiger charge is 2.34. The van der Waals surface area contributed by atoms with E-state index < -0.39 is 0 Å². The van der Waals surface area contributed by atoms with Crippen LogP contribution in [0.5, 0.6) is 0 Å². The Kier molecular flexibility index (Phi) is 12.2. The van der Waals surface area contributed by atoms with Crippen LogP contribution >= 0.6 is 11.6 Å². The summed E-state index contributed by atoms with van der Waals surface area (Å²) in [6.07, 6.45) is 5.10. The average Bonchev–Trinajstić information content (AvgIpc) is 4.08. The number of aromatic amines is 2. The second-order valence-corrected chi connectivity index (χ2v) is 16.0. The zero-order chi connectivity index (χ0) is 39.3. The van der Waals surface area contributed by atoms with Crippen LogP contribution in [0.25, 0.3) is 11.0 Å². The molecule has 4 fully saturated rings. The van der Waals surface area contributed by atoms with Gasteiger partial charge in [-0.1, -0.05) is 74.5 Å². The van der Waals surface area contributed by atoms with Crippen LogP contribution in [0.3, 0.4) is 0 Å². The molecule has 10 rings (SSSR count). The van der Waals surface area contributed by atoms with Crippen molar-refractivity contribution in [1.82, 2.24) is 49.4 Å². The van der Waals surface area contributed by atoms with E-state index in [1.165, 1.54) is 11.1 Å². The van der Waals surface area contributed by atoms with Crippen molar-refractivity contribution in [3.8, 4) is 0 Å². The number of aromatic nitrogens is 8. The van der Waals surface area contributed by atoms with E-state index in [4.69, 9.17) is 26.2 Å². The van der Waals surface area contributed by atoms with Crippen molar-refractivity contribution >= 4 is 22.6 Å². The highest BCUT2D eigenvalue weighted by molar-refractivity contribution is 6.17. The van der Waals surface area contributed by atoms with Crippen LogP contribution in [-0.2, 0) is 21.9 Å². The Balaban J connectivity index is 0.000000137. The molecule has 8 heterocycles. The van der Waals surface area contributed by atoms with Crippen molar-refractivity contribution in [2.45, 2.75) is 62.8 Å². The number of nitrogens with one attached hydrogen (secondary N) is 3. The fraction of sp³-hybridized carbons (Fsp3) is 0.476. The van der Waals surface area contributed by atoms with Gasteiger partial charge in [0.2, 0.25) is 0 Å².